The first-order valence-electron chi connectivity index (χ1n) is 3.05. The van der Waals surface area contributed by atoms with Gasteiger partial charge in [0.2, 0.25) is 0 Å². The van der Waals surface area contributed by atoms with E-state index in [1.165, 1.54) is 15.6 Å². The highest BCUT2D eigenvalue weighted by atomic mass is 127. The van der Waals surface area contributed by atoms with E-state index in [4.69, 9.17) is 0 Å². The van der Waals surface area contributed by atoms with Gasteiger partial charge < -0.3 is 0 Å². The van der Waals surface area contributed by atoms with Crippen LogP contribution in [0.4, 0.5) is 0 Å². The van der Waals surface area contributed by atoms with Crippen molar-refractivity contribution in [2.24, 2.45) is 0 Å². The normalized spacial score (nSPS) is 9.90. The van der Waals surface area contributed by atoms with Crippen LogP contribution >= 0.6 is 38.5 Å². The van der Waals surface area contributed by atoms with Gasteiger partial charge in [-0.15, -0.1) is 0 Å². The summed E-state index contributed by atoms with van der Waals surface area (Å²) in [7, 11) is 0. The molecule has 0 aliphatic heterocycles. The molecule has 0 nitrogen and oxygen atoms in total. The van der Waals surface area contributed by atoms with Gasteiger partial charge in [-0.25, -0.2) is 0 Å². The Hall–Kier alpha value is 0.430. The average Bonchev–Trinajstić information content (AvgIpc) is 1.88. The fraction of sp³-hybridized carbons (Fsp3) is 0.250. The summed E-state index contributed by atoms with van der Waals surface area (Å²) in [5.74, 6) is 0. The minimum Gasteiger partial charge on any atom is -0.0811 e. The largest absolute Gasteiger partial charge is 0.0811 e. The Morgan fingerprint density at radius 1 is 1.50 bits per heavy atom. The summed E-state index contributed by atoms with van der Waals surface area (Å²) in [5.41, 5.74) is 2.67. The number of halogens is 2. The third kappa shape index (κ3) is 1.95. The fourth-order valence-corrected chi connectivity index (χ4v) is 2.58. The SMILES string of the molecule is Cc1ccc(CI)c(Br)c1. The molecule has 0 unspecified atom stereocenters. The standard InChI is InChI=1S/C8H8BrI/c1-6-2-3-7(5-10)8(9)4-6/h2-4H,5H2,1H3. The molecule has 0 N–H and O–H groups in total. The Labute approximate surface area is 83.3 Å². The van der Waals surface area contributed by atoms with Crippen LogP contribution in [0.1, 0.15) is 11.1 Å². The second kappa shape index (κ2) is 3.72. The number of hydrogen-bond donors (Lipinski definition) is 0. The zero-order valence-electron chi connectivity index (χ0n) is 5.70. The van der Waals surface area contributed by atoms with Crippen molar-refractivity contribution in [3.63, 3.8) is 0 Å². The number of alkyl halides is 1. The van der Waals surface area contributed by atoms with E-state index < -0.39 is 0 Å². The predicted molar refractivity (Wildman–Crippen MR) is 56.6 cm³/mol. The van der Waals surface area contributed by atoms with Gasteiger partial charge in [-0.1, -0.05) is 50.7 Å². The van der Waals surface area contributed by atoms with Crippen LogP contribution in [0.2, 0.25) is 0 Å². The first-order valence-corrected chi connectivity index (χ1v) is 5.37. The van der Waals surface area contributed by atoms with Crippen LogP contribution in [-0.4, -0.2) is 0 Å². The summed E-state index contributed by atoms with van der Waals surface area (Å²) in [5, 5.41) is 0. The molecule has 0 aliphatic carbocycles. The quantitative estimate of drug-likeness (QED) is 0.548. The van der Waals surface area contributed by atoms with Crippen molar-refractivity contribution in [2.45, 2.75) is 11.4 Å². The van der Waals surface area contributed by atoms with Crippen molar-refractivity contribution in [1.82, 2.24) is 0 Å². The molecule has 0 radical (unpaired) electrons. The molecule has 0 saturated heterocycles. The van der Waals surface area contributed by atoms with Gasteiger partial charge in [0.25, 0.3) is 0 Å². The molecule has 0 aromatic heterocycles. The van der Waals surface area contributed by atoms with Crippen LogP contribution in [0, 0.1) is 6.92 Å². The third-order valence-corrected chi connectivity index (χ3v) is 2.91. The van der Waals surface area contributed by atoms with Crippen LogP contribution in [0.3, 0.4) is 0 Å². The summed E-state index contributed by atoms with van der Waals surface area (Å²) in [4.78, 5) is 0. The number of hydrogen-bond acceptors (Lipinski definition) is 0. The molecule has 0 atom stereocenters. The molecular weight excluding hydrogens is 303 g/mol. The fourth-order valence-electron chi connectivity index (χ4n) is 0.761. The highest BCUT2D eigenvalue weighted by Crippen LogP contribution is 2.20. The number of rotatable bonds is 1. The van der Waals surface area contributed by atoms with Gasteiger partial charge in [0.15, 0.2) is 0 Å². The van der Waals surface area contributed by atoms with E-state index in [2.05, 4.69) is 63.6 Å². The molecule has 0 saturated carbocycles. The van der Waals surface area contributed by atoms with Crippen molar-refractivity contribution in [2.75, 3.05) is 0 Å². The Balaban J connectivity index is 3.07. The lowest BCUT2D eigenvalue weighted by atomic mass is 10.2. The van der Waals surface area contributed by atoms with E-state index in [9.17, 15) is 0 Å². The zero-order valence-corrected chi connectivity index (χ0v) is 9.44. The highest BCUT2D eigenvalue weighted by molar-refractivity contribution is 14.1. The summed E-state index contributed by atoms with van der Waals surface area (Å²) >= 11 is 5.86. The summed E-state index contributed by atoms with van der Waals surface area (Å²) < 4.78 is 2.29. The maximum absolute atomic E-state index is 3.50. The van der Waals surface area contributed by atoms with Crippen molar-refractivity contribution < 1.29 is 0 Å². The first-order chi connectivity index (χ1) is 4.74. The van der Waals surface area contributed by atoms with E-state index in [1.54, 1.807) is 0 Å². The average molecular weight is 311 g/mol. The molecule has 2 heteroatoms. The molecule has 0 aliphatic rings. The van der Waals surface area contributed by atoms with Crippen molar-refractivity contribution in [3.05, 3.63) is 33.8 Å². The zero-order chi connectivity index (χ0) is 7.56. The van der Waals surface area contributed by atoms with E-state index in [-0.39, 0.29) is 0 Å². The second-order valence-electron chi connectivity index (χ2n) is 2.23. The molecule has 0 bridgehead atoms. The van der Waals surface area contributed by atoms with E-state index in [1.807, 2.05) is 0 Å². The van der Waals surface area contributed by atoms with Crippen molar-refractivity contribution in [3.8, 4) is 0 Å². The molecule has 0 heterocycles. The molecule has 1 aromatic carbocycles. The van der Waals surface area contributed by atoms with Gasteiger partial charge in [-0.05, 0) is 24.1 Å². The van der Waals surface area contributed by atoms with Gasteiger partial charge in [0.05, 0.1) is 0 Å². The van der Waals surface area contributed by atoms with Crippen molar-refractivity contribution in [1.29, 1.82) is 0 Å². The van der Waals surface area contributed by atoms with Gasteiger partial charge in [-0.2, -0.15) is 0 Å². The molecule has 0 spiro atoms. The Bertz CT molecular complexity index is 233. The Kier molecular flexibility index (Phi) is 3.17. The van der Waals surface area contributed by atoms with E-state index >= 15 is 0 Å². The van der Waals surface area contributed by atoms with E-state index in [0.717, 1.165) is 4.43 Å². The maximum Gasteiger partial charge on any atom is 0.0258 e. The van der Waals surface area contributed by atoms with Crippen molar-refractivity contribution >= 4 is 38.5 Å². The minimum atomic E-state index is 1.07. The minimum absolute atomic E-state index is 1.07. The topological polar surface area (TPSA) is 0 Å². The molecule has 0 fully saturated rings. The van der Waals surface area contributed by atoms with Crippen LogP contribution in [-0.2, 0) is 4.43 Å². The van der Waals surface area contributed by atoms with Crippen LogP contribution in [0.5, 0.6) is 0 Å². The predicted octanol–water partition coefficient (Wildman–Crippen LogP) is 3.69. The third-order valence-electron chi connectivity index (χ3n) is 1.35. The molecular formula is C8H8BrI. The second-order valence-corrected chi connectivity index (χ2v) is 3.85. The number of benzene rings is 1. The smallest absolute Gasteiger partial charge is 0.0258 e. The molecule has 1 rings (SSSR count). The number of aryl methyl sites for hydroxylation is 1. The molecule has 0 amide bonds. The monoisotopic (exact) mass is 310 g/mol. The van der Waals surface area contributed by atoms with Crippen LogP contribution in [0.25, 0.3) is 0 Å². The van der Waals surface area contributed by atoms with Crippen LogP contribution < -0.4 is 0 Å². The lowest BCUT2D eigenvalue weighted by Crippen LogP contribution is -1.80. The van der Waals surface area contributed by atoms with Gasteiger partial charge >= 0.3 is 0 Å². The highest BCUT2D eigenvalue weighted by Gasteiger charge is 1.95. The Morgan fingerprint density at radius 3 is 2.70 bits per heavy atom. The van der Waals surface area contributed by atoms with Gasteiger partial charge in [0, 0.05) is 8.90 Å². The van der Waals surface area contributed by atoms with Gasteiger partial charge in [-0.3, -0.25) is 0 Å². The molecule has 10 heavy (non-hydrogen) atoms. The molecule has 1 aromatic rings. The first kappa shape index (κ1) is 8.53. The summed E-state index contributed by atoms with van der Waals surface area (Å²) in [6.07, 6.45) is 0. The van der Waals surface area contributed by atoms with Gasteiger partial charge in [0.1, 0.15) is 0 Å². The summed E-state index contributed by atoms with van der Waals surface area (Å²) in [6.45, 7) is 2.10. The summed E-state index contributed by atoms with van der Waals surface area (Å²) in [6, 6.07) is 6.44. The Morgan fingerprint density at radius 2 is 2.20 bits per heavy atom. The maximum atomic E-state index is 3.50. The molecule has 54 valence electrons. The lowest BCUT2D eigenvalue weighted by Gasteiger charge is -1.99. The van der Waals surface area contributed by atoms with E-state index in [0.29, 0.717) is 0 Å². The van der Waals surface area contributed by atoms with Crippen LogP contribution in [0.15, 0.2) is 22.7 Å². The lowest BCUT2D eigenvalue weighted by molar-refractivity contribution is 1.36.